The van der Waals surface area contributed by atoms with E-state index in [1.54, 1.807) is 12.1 Å². The fraction of sp³-hybridized carbons (Fsp3) is 0.462. The summed E-state index contributed by atoms with van der Waals surface area (Å²) >= 11 is 0. The maximum absolute atomic E-state index is 11.7. The summed E-state index contributed by atoms with van der Waals surface area (Å²) in [7, 11) is 0.552. The molecule has 0 fully saturated rings. The van der Waals surface area contributed by atoms with Crippen LogP contribution in [0.4, 0.5) is 0 Å². The highest BCUT2D eigenvalue weighted by Gasteiger charge is 2.17. The van der Waals surface area contributed by atoms with Crippen LogP contribution in [0.1, 0.15) is 6.42 Å². The molecule has 0 aliphatic heterocycles. The molecular formula is C13H19N3O3S. The molecule has 0 atom stereocenters. The lowest BCUT2D eigenvalue weighted by Gasteiger charge is -2.09. The van der Waals surface area contributed by atoms with Crippen LogP contribution < -0.4 is 4.74 Å². The van der Waals surface area contributed by atoms with Gasteiger partial charge in [-0.15, -0.1) is 5.10 Å². The number of fused-ring (bicyclic) bond motifs is 1. The zero-order chi connectivity index (χ0) is 14.8. The largest absolute Gasteiger partial charge is 0.476 e. The Hall–Kier alpha value is -1.60. The van der Waals surface area contributed by atoms with Crippen LogP contribution in [0.15, 0.2) is 24.3 Å². The number of nitrogens with zero attached hydrogens (tertiary/aromatic N) is 3. The van der Waals surface area contributed by atoms with E-state index in [4.69, 9.17) is 4.74 Å². The van der Waals surface area contributed by atoms with E-state index in [0.29, 0.717) is 23.4 Å². The Morgan fingerprint density at radius 2 is 2.00 bits per heavy atom. The van der Waals surface area contributed by atoms with Gasteiger partial charge in [0.2, 0.25) is 5.88 Å². The van der Waals surface area contributed by atoms with Crippen molar-refractivity contribution in [1.29, 1.82) is 0 Å². The smallest absolute Gasteiger partial charge is 0.251 e. The Balaban J connectivity index is 2.26. The summed E-state index contributed by atoms with van der Waals surface area (Å²) in [6, 6.07) is 7.15. The highest BCUT2D eigenvalue weighted by Crippen LogP contribution is 2.25. The Labute approximate surface area is 119 Å². The van der Waals surface area contributed by atoms with Crippen molar-refractivity contribution in [1.82, 2.24) is 14.1 Å². The number of benzene rings is 1. The zero-order valence-corrected chi connectivity index (χ0v) is 12.7. The second-order valence-corrected chi connectivity index (χ2v) is 6.75. The second-order valence-electron chi connectivity index (χ2n) is 4.93. The van der Waals surface area contributed by atoms with E-state index in [1.165, 1.54) is 0 Å². The Kier molecular flexibility index (Phi) is 4.29. The van der Waals surface area contributed by atoms with Crippen molar-refractivity contribution in [2.75, 3.05) is 33.5 Å². The third kappa shape index (κ3) is 3.29. The predicted molar refractivity (Wildman–Crippen MR) is 78.6 cm³/mol. The van der Waals surface area contributed by atoms with Crippen molar-refractivity contribution in [3.63, 3.8) is 0 Å². The van der Waals surface area contributed by atoms with Gasteiger partial charge in [0, 0.05) is 6.54 Å². The minimum absolute atomic E-state index is 0.366. The predicted octanol–water partition coefficient (Wildman–Crippen LogP) is 1.17. The first kappa shape index (κ1) is 14.8. The van der Waals surface area contributed by atoms with Crippen molar-refractivity contribution in [2.45, 2.75) is 6.42 Å². The molecule has 0 saturated carbocycles. The molecule has 0 unspecified atom stereocenters. The molecule has 0 aliphatic carbocycles. The van der Waals surface area contributed by atoms with Crippen LogP contribution in [0.5, 0.6) is 5.88 Å². The van der Waals surface area contributed by atoms with Gasteiger partial charge >= 0.3 is 0 Å². The van der Waals surface area contributed by atoms with Gasteiger partial charge in [0.15, 0.2) is 0 Å². The molecule has 1 heterocycles. The standard InChI is InChI=1S/C13H19N3O3S/c1-15(2)9-6-10-19-13-11-7-4-5-8-12(11)16(14-13)20(3,17)18/h4-5,7-8H,6,9-10H2,1-3H3. The van der Waals surface area contributed by atoms with E-state index in [2.05, 4.69) is 10.00 Å². The number of para-hydroxylation sites is 1. The maximum atomic E-state index is 11.7. The first-order chi connectivity index (χ1) is 9.39. The lowest BCUT2D eigenvalue weighted by Crippen LogP contribution is -2.16. The van der Waals surface area contributed by atoms with Crippen LogP contribution in [0.2, 0.25) is 0 Å². The molecule has 2 aromatic rings. The SMILES string of the molecule is CN(C)CCCOc1nn(S(C)(=O)=O)c2ccccc12. The van der Waals surface area contributed by atoms with Gasteiger partial charge in [0.05, 0.1) is 23.8 Å². The van der Waals surface area contributed by atoms with Crippen LogP contribution >= 0.6 is 0 Å². The molecule has 110 valence electrons. The van der Waals surface area contributed by atoms with Gasteiger partial charge in [0.25, 0.3) is 10.0 Å². The van der Waals surface area contributed by atoms with Crippen molar-refractivity contribution in [3.05, 3.63) is 24.3 Å². The monoisotopic (exact) mass is 297 g/mol. The zero-order valence-electron chi connectivity index (χ0n) is 11.9. The van der Waals surface area contributed by atoms with Crippen LogP contribution in [-0.2, 0) is 10.0 Å². The molecule has 20 heavy (non-hydrogen) atoms. The number of hydrogen-bond donors (Lipinski definition) is 0. The molecule has 0 N–H and O–H groups in total. The second kappa shape index (κ2) is 5.80. The summed E-state index contributed by atoms with van der Waals surface area (Å²) in [6.45, 7) is 1.41. The summed E-state index contributed by atoms with van der Waals surface area (Å²) in [4.78, 5) is 2.07. The summed E-state index contributed by atoms with van der Waals surface area (Å²) in [5.74, 6) is 0.366. The topological polar surface area (TPSA) is 64.4 Å². The van der Waals surface area contributed by atoms with Gasteiger partial charge in [-0.25, -0.2) is 8.42 Å². The molecular weight excluding hydrogens is 278 g/mol. The quantitative estimate of drug-likeness (QED) is 0.749. The first-order valence-corrected chi connectivity index (χ1v) is 8.20. The third-order valence-electron chi connectivity index (χ3n) is 2.82. The summed E-state index contributed by atoms with van der Waals surface area (Å²) in [5, 5.41) is 4.78. The van der Waals surface area contributed by atoms with E-state index >= 15 is 0 Å². The van der Waals surface area contributed by atoms with Crippen molar-refractivity contribution in [3.8, 4) is 5.88 Å². The normalized spacial score (nSPS) is 12.2. The van der Waals surface area contributed by atoms with E-state index in [-0.39, 0.29) is 0 Å². The molecule has 0 aliphatic rings. The molecule has 0 spiro atoms. The van der Waals surface area contributed by atoms with Gasteiger partial charge in [-0.2, -0.15) is 4.09 Å². The summed E-state index contributed by atoms with van der Waals surface area (Å²) in [5.41, 5.74) is 0.539. The molecule has 7 heteroatoms. The van der Waals surface area contributed by atoms with E-state index in [0.717, 1.165) is 23.3 Å². The fourth-order valence-corrected chi connectivity index (χ4v) is 2.66. The van der Waals surface area contributed by atoms with Crippen LogP contribution in [0, 0.1) is 0 Å². The number of aromatic nitrogens is 2. The van der Waals surface area contributed by atoms with Crippen LogP contribution in [-0.4, -0.2) is 56.0 Å². The molecule has 0 radical (unpaired) electrons. The first-order valence-electron chi connectivity index (χ1n) is 6.35. The number of ether oxygens (including phenoxy) is 1. The van der Waals surface area contributed by atoms with Gasteiger partial charge in [-0.3, -0.25) is 0 Å². The fourth-order valence-electron chi connectivity index (χ4n) is 1.92. The van der Waals surface area contributed by atoms with Gasteiger partial charge < -0.3 is 9.64 Å². The van der Waals surface area contributed by atoms with Gasteiger partial charge in [-0.05, 0) is 32.6 Å². The molecule has 1 aromatic carbocycles. The Morgan fingerprint density at radius 3 is 2.65 bits per heavy atom. The summed E-state index contributed by atoms with van der Waals surface area (Å²) in [6.07, 6.45) is 1.98. The van der Waals surface area contributed by atoms with Gasteiger partial charge in [0.1, 0.15) is 0 Å². The average Bonchev–Trinajstić information content (AvgIpc) is 2.73. The maximum Gasteiger partial charge on any atom is 0.251 e. The molecule has 2 rings (SSSR count). The third-order valence-corrected chi connectivity index (χ3v) is 3.73. The van der Waals surface area contributed by atoms with Crippen molar-refractivity contribution >= 4 is 20.9 Å². The Morgan fingerprint density at radius 1 is 1.30 bits per heavy atom. The van der Waals surface area contributed by atoms with Gasteiger partial charge in [-0.1, -0.05) is 12.1 Å². The Bertz CT molecular complexity index is 692. The van der Waals surface area contributed by atoms with Crippen molar-refractivity contribution < 1.29 is 13.2 Å². The minimum atomic E-state index is -3.44. The molecule has 0 saturated heterocycles. The van der Waals surface area contributed by atoms with E-state index in [1.807, 2.05) is 26.2 Å². The average molecular weight is 297 g/mol. The van der Waals surface area contributed by atoms with Crippen LogP contribution in [0.3, 0.4) is 0 Å². The van der Waals surface area contributed by atoms with E-state index < -0.39 is 10.0 Å². The molecule has 6 nitrogen and oxygen atoms in total. The molecule has 0 bridgehead atoms. The lowest BCUT2D eigenvalue weighted by molar-refractivity contribution is 0.274. The minimum Gasteiger partial charge on any atom is -0.476 e. The highest BCUT2D eigenvalue weighted by molar-refractivity contribution is 7.89. The molecule has 0 amide bonds. The van der Waals surface area contributed by atoms with Crippen molar-refractivity contribution in [2.24, 2.45) is 0 Å². The van der Waals surface area contributed by atoms with E-state index in [9.17, 15) is 8.42 Å². The number of rotatable bonds is 6. The highest BCUT2D eigenvalue weighted by atomic mass is 32.2. The lowest BCUT2D eigenvalue weighted by atomic mass is 10.2. The number of hydrogen-bond acceptors (Lipinski definition) is 5. The summed E-state index contributed by atoms with van der Waals surface area (Å²) < 4.78 is 30.1. The molecule has 1 aromatic heterocycles. The van der Waals surface area contributed by atoms with Crippen LogP contribution in [0.25, 0.3) is 10.9 Å².